The van der Waals surface area contributed by atoms with Crippen LogP contribution in [0.2, 0.25) is 5.28 Å². The maximum atomic E-state index is 9.96. The number of nitrogens with one attached hydrogen (secondary N) is 1. The number of hydrogen-bond acceptors (Lipinski definition) is 7. The van der Waals surface area contributed by atoms with E-state index in [1.807, 2.05) is 0 Å². The zero-order valence-corrected chi connectivity index (χ0v) is 11.4. The van der Waals surface area contributed by atoms with E-state index in [0.717, 1.165) is 25.7 Å². The van der Waals surface area contributed by atoms with Gasteiger partial charge in [-0.1, -0.05) is 12.8 Å². The highest BCUT2D eigenvalue weighted by atomic mass is 35.5. The first-order chi connectivity index (χ1) is 9.72. The Balaban J connectivity index is 1.82. The summed E-state index contributed by atoms with van der Waals surface area (Å²) in [6.45, 7) is 0. The fraction of sp³-hybridized carbons (Fsp3) is 0.545. The van der Waals surface area contributed by atoms with Crippen molar-refractivity contribution >= 4 is 17.5 Å². The molecular formula is C11H14ClN7O. The highest BCUT2D eigenvalue weighted by Gasteiger charge is 2.24. The molecule has 2 unspecified atom stereocenters. The van der Waals surface area contributed by atoms with Crippen LogP contribution in [0, 0.1) is 0 Å². The van der Waals surface area contributed by atoms with Crippen molar-refractivity contribution in [1.82, 2.24) is 29.7 Å². The highest BCUT2D eigenvalue weighted by molar-refractivity contribution is 6.28. The molecule has 20 heavy (non-hydrogen) atoms. The summed E-state index contributed by atoms with van der Waals surface area (Å²) in [6.07, 6.45) is 6.25. The largest absolute Gasteiger partial charge is 0.391 e. The Kier molecular flexibility index (Phi) is 3.75. The molecule has 3 rings (SSSR count). The van der Waals surface area contributed by atoms with Gasteiger partial charge in [0.2, 0.25) is 11.2 Å². The molecule has 0 aromatic carbocycles. The molecule has 9 heteroatoms. The van der Waals surface area contributed by atoms with Crippen molar-refractivity contribution in [2.24, 2.45) is 0 Å². The molecule has 0 radical (unpaired) electrons. The summed E-state index contributed by atoms with van der Waals surface area (Å²) >= 11 is 5.89. The monoisotopic (exact) mass is 295 g/mol. The predicted molar refractivity (Wildman–Crippen MR) is 71.6 cm³/mol. The van der Waals surface area contributed by atoms with Crippen molar-refractivity contribution in [3.63, 3.8) is 0 Å². The number of halogens is 1. The summed E-state index contributed by atoms with van der Waals surface area (Å²) in [5.41, 5.74) is 0. The van der Waals surface area contributed by atoms with Crippen LogP contribution in [0.4, 0.5) is 5.95 Å². The van der Waals surface area contributed by atoms with Gasteiger partial charge in [-0.3, -0.25) is 0 Å². The van der Waals surface area contributed by atoms with Crippen LogP contribution in [0.5, 0.6) is 0 Å². The van der Waals surface area contributed by atoms with Crippen LogP contribution in [0.3, 0.4) is 0 Å². The van der Waals surface area contributed by atoms with Gasteiger partial charge in [0.1, 0.15) is 12.7 Å². The summed E-state index contributed by atoms with van der Waals surface area (Å²) in [5, 5.41) is 17.1. The van der Waals surface area contributed by atoms with E-state index in [-0.39, 0.29) is 17.3 Å². The zero-order valence-electron chi connectivity index (χ0n) is 10.6. The molecule has 0 saturated heterocycles. The molecule has 1 aliphatic rings. The Hall–Kier alpha value is -1.80. The van der Waals surface area contributed by atoms with Crippen LogP contribution < -0.4 is 5.32 Å². The van der Waals surface area contributed by atoms with Gasteiger partial charge in [-0.15, -0.1) is 0 Å². The Morgan fingerprint density at radius 1 is 1.25 bits per heavy atom. The SMILES string of the molecule is OC1CCCCC1Nc1nc(Cl)nc(-n2cncn2)n1. The van der Waals surface area contributed by atoms with E-state index in [1.54, 1.807) is 0 Å². The van der Waals surface area contributed by atoms with Gasteiger partial charge in [0.25, 0.3) is 5.95 Å². The minimum atomic E-state index is -0.394. The lowest BCUT2D eigenvalue weighted by molar-refractivity contribution is 0.116. The molecule has 1 saturated carbocycles. The minimum Gasteiger partial charge on any atom is -0.391 e. The second-order valence-corrected chi connectivity index (χ2v) is 5.01. The first-order valence-electron chi connectivity index (χ1n) is 6.43. The Bertz CT molecular complexity index is 576. The second kappa shape index (κ2) is 5.68. The van der Waals surface area contributed by atoms with Gasteiger partial charge in [-0.05, 0) is 24.4 Å². The normalized spacial score (nSPS) is 22.7. The molecule has 106 valence electrons. The van der Waals surface area contributed by atoms with Crippen molar-refractivity contribution in [1.29, 1.82) is 0 Å². The lowest BCUT2D eigenvalue weighted by atomic mass is 9.93. The number of nitrogens with zero attached hydrogens (tertiary/aromatic N) is 6. The van der Waals surface area contributed by atoms with Gasteiger partial charge in [-0.2, -0.15) is 24.7 Å². The smallest absolute Gasteiger partial charge is 0.258 e. The quantitative estimate of drug-likeness (QED) is 0.864. The summed E-state index contributed by atoms with van der Waals surface area (Å²) in [4.78, 5) is 16.1. The molecule has 1 fully saturated rings. The average Bonchev–Trinajstić information content (AvgIpc) is 2.95. The number of aromatic nitrogens is 6. The van der Waals surface area contributed by atoms with Crippen molar-refractivity contribution in [2.45, 2.75) is 37.8 Å². The maximum Gasteiger partial charge on any atom is 0.258 e. The molecule has 1 aliphatic carbocycles. The van der Waals surface area contributed by atoms with Gasteiger partial charge in [-0.25, -0.2) is 4.98 Å². The Morgan fingerprint density at radius 3 is 2.85 bits per heavy atom. The number of hydrogen-bond donors (Lipinski definition) is 2. The topological polar surface area (TPSA) is 102 Å². The van der Waals surface area contributed by atoms with Crippen LogP contribution in [0.15, 0.2) is 12.7 Å². The van der Waals surface area contributed by atoms with Gasteiger partial charge in [0.15, 0.2) is 0 Å². The fourth-order valence-electron chi connectivity index (χ4n) is 2.26. The van der Waals surface area contributed by atoms with Crippen LogP contribution >= 0.6 is 11.6 Å². The van der Waals surface area contributed by atoms with Gasteiger partial charge >= 0.3 is 0 Å². The number of aliphatic hydroxyl groups is 1. The number of rotatable bonds is 3. The second-order valence-electron chi connectivity index (χ2n) is 4.67. The van der Waals surface area contributed by atoms with Crippen LogP contribution in [0.1, 0.15) is 25.7 Å². The Labute approximate surface area is 120 Å². The van der Waals surface area contributed by atoms with E-state index in [0.29, 0.717) is 5.95 Å². The maximum absolute atomic E-state index is 9.96. The molecule has 0 bridgehead atoms. The van der Waals surface area contributed by atoms with E-state index < -0.39 is 6.10 Å². The number of anilines is 1. The van der Waals surface area contributed by atoms with Gasteiger partial charge in [0.05, 0.1) is 12.1 Å². The Morgan fingerprint density at radius 2 is 2.10 bits per heavy atom. The fourth-order valence-corrected chi connectivity index (χ4v) is 2.42. The molecule has 0 amide bonds. The first kappa shape index (κ1) is 13.2. The summed E-state index contributed by atoms with van der Waals surface area (Å²) < 4.78 is 1.40. The lowest BCUT2D eigenvalue weighted by Gasteiger charge is -2.28. The molecular weight excluding hydrogens is 282 g/mol. The van der Waals surface area contributed by atoms with E-state index in [2.05, 4.69) is 30.4 Å². The van der Waals surface area contributed by atoms with E-state index >= 15 is 0 Å². The zero-order chi connectivity index (χ0) is 13.9. The predicted octanol–water partition coefficient (Wildman–Crippen LogP) is 0.821. The molecule has 2 heterocycles. The molecule has 2 aromatic heterocycles. The van der Waals surface area contributed by atoms with Crippen LogP contribution in [-0.4, -0.2) is 47.0 Å². The van der Waals surface area contributed by atoms with Crippen molar-refractivity contribution in [2.75, 3.05) is 5.32 Å². The third-order valence-corrected chi connectivity index (χ3v) is 3.43. The summed E-state index contributed by atoms with van der Waals surface area (Å²) in [7, 11) is 0. The lowest BCUT2D eigenvalue weighted by Crippen LogP contribution is -2.37. The number of aliphatic hydroxyl groups excluding tert-OH is 1. The van der Waals surface area contributed by atoms with Crippen molar-refractivity contribution in [3.05, 3.63) is 17.9 Å². The molecule has 2 N–H and O–H groups in total. The molecule has 8 nitrogen and oxygen atoms in total. The van der Waals surface area contributed by atoms with Crippen LogP contribution in [0.25, 0.3) is 5.95 Å². The van der Waals surface area contributed by atoms with E-state index in [1.165, 1.54) is 17.3 Å². The third-order valence-electron chi connectivity index (χ3n) is 3.26. The van der Waals surface area contributed by atoms with Crippen molar-refractivity contribution in [3.8, 4) is 5.95 Å². The molecule has 0 spiro atoms. The average molecular weight is 296 g/mol. The molecule has 0 aliphatic heterocycles. The van der Waals surface area contributed by atoms with E-state index in [4.69, 9.17) is 11.6 Å². The van der Waals surface area contributed by atoms with Gasteiger partial charge < -0.3 is 10.4 Å². The molecule has 2 atom stereocenters. The standard InChI is InChI=1S/C11H14ClN7O/c12-9-16-10(15-7-3-1-2-4-8(7)20)18-11(17-9)19-6-13-5-14-19/h5-8,20H,1-4H2,(H,15,16,17,18). The first-order valence-corrected chi connectivity index (χ1v) is 6.81. The summed E-state index contributed by atoms with van der Waals surface area (Å²) in [6, 6.07) is -0.0641. The minimum absolute atomic E-state index is 0.0641. The van der Waals surface area contributed by atoms with Crippen molar-refractivity contribution < 1.29 is 5.11 Å². The van der Waals surface area contributed by atoms with E-state index in [9.17, 15) is 5.11 Å². The highest BCUT2D eigenvalue weighted by Crippen LogP contribution is 2.21. The van der Waals surface area contributed by atoms with Crippen LogP contribution in [-0.2, 0) is 0 Å². The van der Waals surface area contributed by atoms with Gasteiger partial charge in [0, 0.05) is 0 Å². The summed E-state index contributed by atoms with van der Waals surface area (Å²) in [5.74, 6) is 0.622. The third kappa shape index (κ3) is 2.86. The molecule has 2 aromatic rings.